The van der Waals surface area contributed by atoms with Crippen LogP contribution in [0.4, 0.5) is 10.1 Å². The highest BCUT2D eigenvalue weighted by molar-refractivity contribution is 9.11. The number of aryl methyl sites for hydroxylation is 1. The number of anilines is 1. The van der Waals surface area contributed by atoms with E-state index in [1.807, 2.05) is 13.0 Å². The Labute approximate surface area is 237 Å². The Bertz CT molecular complexity index is 1550. The first-order valence-corrected chi connectivity index (χ1v) is 13.6. The van der Waals surface area contributed by atoms with Gasteiger partial charge in [0.2, 0.25) is 0 Å². The number of ether oxygens (including phenoxy) is 1. The average molecular weight is 695 g/mol. The van der Waals surface area contributed by atoms with Crippen molar-refractivity contribution in [2.75, 3.05) is 11.9 Å². The van der Waals surface area contributed by atoms with E-state index in [0.717, 1.165) is 10.9 Å². The van der Waals surface area contributed by atoms with Gasteiger partial charge in [0, 0.05) is 16.6 Å². The normalized spacial score (nSPS) is 11.3. The smallest absolute Gasteiger partial charge is 0.282 e. The van der Waals surface area contributed by atoms with E-state index in [-0.39, 0.29) is 12.2 Å². The minimum absolute atomic E-state index is 0.256. The molecule has 0 aliphatic rings. The summed E-state index contributed by atoms with van der Waals surface area (Å²) in [7, 11) is 0. The van der Waals surface area contributed by atoms with Crippen LogP contribution in [0.25, 0.3) is 10.9 Å². The topological polar surface area (TPSA) is 85.6 Å². The predicted molar refractivity (Wildman–Crippen MR) is 153 cm³/mol. The van der Waals surface area contributed by atoms with Crippen LogP contribution in [-0.4, -0.2) is 28.4 Å². The van der Waals surface area contributed by atoms with Crippen molar-refractivity contribution >= 4 is 76.5 Å². The van der Waals surface area contributed by atoms with Gasteiger partial charge >= 0.3 is 0 Å². The van der Waals surface area contributed by atoms with Crippen LogP contribution in [0, 0.1) is 5.82 Å². The van der Waals surface area contributed by atoms with Crippen LogP contribution in [0.2, 0.25) is 0 Å². The number of benzene rings is 3. The fraction of sp³-hybridized carbons (Fsp3) is 0.154. The van der Waals surface area contributed by atoms with E-state index in [2.05, 4.69) is 63.2 Å². The van der Waals surface area contributed by atoms with Crippen LogP contribution in [0.1, 0.15) is 24.7 Å². The van der Waals surface area contributed by atoms with Gasteiger partial charge in [-0.1, -0.05) is 28.9 Å². The van der Waals surface area contributed by atoms with Gasteiger partial charge in [-0.3, -0.25) is 9.59 Å². The minimum atomic E-state index is -0.446. The number of fused-ring (bicyclic) bond motifs is 1. The number of carbonyl (C=O) groups excluding carboxylic acids is 1. The fourth-order valence-corrected chi connectivity index (χ4v) is 5.33. The summed E-state index contributed by atoms with van der Waals surface area (Å²) in [5, 5.41) is 7.49. The van der Waals surface area contributed by atoms with Crippen molar-refractivity contribution in [3.05, 3.63) is 95.6 Å². The lowest BCUT2D eigenvalue weighted by molar-refractivity contribution is -0.118. The van der Waals surface area contributed by atoms with Crippen molar-refractivity contribution in [1.29, 1.82) is 0 Å². The third kappa shape index (κ3) is 6.71. The van der Waals surface area contributed by atoms with Gasteiger partial charge in [0.15, 0.2) is 6.61 Å². The number of amides is 1. The number of rotatable bonds is 8. The van der Waals surface area contributed by atoms with E-state index < -0.39 is 11.7 Å². The zero-order valence-electron chi connectivity index (χ0n) is 19.5. The lowest BCUT2D eigenvalue weighted by atomic mass is 10.2. The van der Waals surface area contributed by atoms with Crippen molar-refractivity contribution in [3.63, 3.8) is 0 Å². The van der Waals surface area contributed by atoms with E-state index in [9.17, 15) is 14.0 Å². The standard InChI is InChI=1S/C26H20Br3FN4O3/c1-2-4-23-33-22-8-7-16(27)11-19(22)26(36)34(23)31-13-15-9-20(28)25(21(29)10-15)37-14-24(35)32-18-6-3-5-17(30)12-18/h3,5-13H,2,4,14H2,1H3,(H,32,35). The third-order valence-corrected chi connectivity index (χ3v) is 6.82. The molecule has 1 heterocycles. The van der Waals surface area contributed by atoms with E-state index in [1.165, 1.54) is 22.9 Å². The van der Waals surface area contributed by atoms with Gasteiger partial charge in [0.05, 0.1) is 26.1 Å². The second kappa shape index (κ2) is 12.1. The molecule has 0 unspecified atom stereocenters. The highest BCUT2D eigenvalue weighted by Gasteiger charge is 2.13. The second-order valence-electron chi connectivity index (χ2n) is 7.96. The SMILES string of the molecule is CCCc1nc2ccc(Br)cc2c(=O)n1N=Cc1cc(Br)c(OCC(=O)Nc2cccc(F)c2)c(Br)c1. The van der Waals surface area contributed by atoms with Gasteiger partial charge in [-0.05, 0) is 92.4 Å². The Balaban J connectivity index is 1.54. The van der Waals surface area contributed by atoms with E-state index in [1.54, 1.807) is 36.5 Å². The molecule has 190 valence electrons. The van der Waals surface area contributed by atoms with E-state index in [0.29, 0.717) is 49.1 Å². The molecule has 37 heavy (non-hydrogen) atoms. The molecule has 4 rings (SSSR count). The lowest BCUT2D eigenvalue weighted by Gasteiger charge is -2.12. The summed E-state index contributed by atoms with van der Waals surface area (Å²) in [6.07, 6.45) is 2.96. The number of hydrogen-bond acceptors (Lipinski definition) is 5. The third-order valence-electron chi connectivity index (χ3n) is 5.15. The highest BCUT2D eigenvalue weighted by atomic mass is 79.9. The summed E-state index contributed by atoms with van der Waals surface area (Å²) in [5.74, 6) is 0.0970. The number of hydrogen-bond donors (Lipinski definition) is 1. The van der Waals surface area contributed by atoms with Crippen molar-refractivity contribution in [3.8, 4) is 5.75 Å². The summed E-state index contributed by atoms with van der Waals surface area (Å²) in [6, 6.07) is 14.5. The summed E-state index contributed by atoms with van der Waals surface area (Å²) in [5.41, 5.74) is 1.38. The number of carbonyl (C=O) groups is 1. The van der Waals surface area contributed by atoms with Crippen molar-refractivity contribution in [1.82, 2.24) is 9.66 Å². The van der Waals surface area contributed by atoms with Gasteiger partial charge < -0.3 is 10.1 Å². The Hall–Kier alpha value is -2.89. The van der Waals surface area contributed by atoms with Crippen LogP contribution in [-0.2, 0) is 11.2 Å². The molecule has 7 nitrogen and oxygen atoms in total. The quantitative estimate of drug-likeness (QED) is 0.209. The first kappa shape index (κ1) is 27.2. The molecule has 0 saturated carbocycles. The first-order chi connectivity index (χ1) is 17.7. The number of nitrogens with one attached hydrogen (secondary N) is 1. The number of aromatic nitrogens is 2. The molecule has 0 aliphatic heterocycles. The molecule has 4 aromatic rings. The molecule has 0 bridgehead atoms. The Morgan fingerprint density at radius 1 is 1.14 bits per heavy atom. The molecule has 0 fully saturated rings. The molecule has 0 aliphatic carbocycles. The Kier molecular flexibility index (Phi) is 8.88. The van der Waals surface area contributed by atoms with Gasteiger partial charge in [0.25, 0.3) is 11.5 Å². The maximum atomic E-state index is 13.3. The zero-order chi connectivity index (χ0) is 26.5. The zero-order valence-corrected chi connectivity index (χ0v) is 24.2. The monoisotopic (exact) mass is 692 g/mol. The Morgan fingerprint density at radius 3 is 2.59 bits per heavy atom. The van der Waals surface area contributed by atoms with Crippen LogP contribution >= 0.6 is 47.8 Å². The van der Waals surface area contributed by atoms with Crippen LogP contribution in [0.3, 0.4) is 0 Å². The summed E-state index contributed by atoms with van der Waals surface area (Å²) in [4.78, 5) is 30.0. The first-order valence-electron chi connectivity index (χ1n) is 11.2. The van der Waals surface area contributed by atoms with Gasteiger partial charge in [-0.2, -0.15) is 9.78 Å². The maximum Gasteiger partial charge on any atom is 0.282 e. The molecular formula is C26H20Br3FN4O3. The van der Waals surface area contributed by atoms with E-state index >= 15 is 0 Å². The molecule has 0 spiro atoms. The molecular weight excluding hydrogens is 675 g/mol. The number of halogens is 4. The molecule has 0 saturated heterocycles. The minimum Gasteiger partial charge on any atom is -0.481 e. The summed E-state index contributed by atoms with van der Waals surface area (Å²) < 4.78 is 22.2. The number of nitrogens with zero attached hydrogens (tertiary/aromatic N) is 3. The molecule has 1 N–H and O–H groups in total. The van der Waals surface area contributed by atoms with Crippen LogP contribution in [0.5, 0.6) is 5.75 Å². The van der Waals surface area contributed by atoms with Gasteiger partial charge in [-0.15, -0.1) is 0 Å². The summed E-state index contributed by atoms with van der Waals surface area (Å²) in [6.45, 7) is 1.73. The largest absolute Gasteiger partial charge is 0.481 e. The molecule has 1 amide bonds. The van der Waals surface area contributed by atoms with E-state index in [4.69, 9.17) is 4.74 Å². The second-order valence-corrected chi connectivity index (χ2v) is 10.6. The molecule has 1 aromatic heterocycles. The van der Waals surface area contributed by atoms with Crippen molar-refractivity contribution in [2.45, 2.75) is 19.8 Å². The highest BCUT2D eigenvalue weighted by Crippen LogP contribution is 2.34. The Morgan fingerprint density at radius 2 is 1.89 bits per heavy atom. The molecule has 3 aromatic carbocycles. The van der Waals surface area contributed by atoms with Crippen LogP contribution in [0.15, 0.2) is 77.9 Å². The summed E-state index contributed by atoms with van der Waals surface area (Å²) >= 11 is 10.3. The average Bonchev–Trinajstić information content (AvgIpc) is 2.84. The van der Waals surface area contributed by atoms with Crippen molar-refractivity contribution in [2.24, 2.45) is 5.10 Å². The van der Waals surface area contributed by atoms with Gasteiger partial charge in [-0.25, -0.2) is 9.37 Å². The van der Waals surface area contributed by atoms with Gasteiger partial charge in [0.1, 0.15) is 17.4 Å². The predicted octanol–water partition coefficient (Wildman–Crippen LogP) is 6.68. The molecule has 0 atom stereocenters. The molecule has 11 heteroatoms. The van der Waals surface area contributed by atoms with Crippen molar-refractivity contribution < 1.29 is 13.9 Å². The fourth-order valence-electron chi connectivity index (χ4n) is 3.52. The van der Waals surface area contributed by atoms with Crippen LogP contribution < -0.4 is 15.6 Å². The maximum absolute atomic E-state index is 13.3. The molecule has 0 radical (unpaired) electrons. The lowest BCUT2D eigenvalue weighted by Crippen LogP contribution is -2.22.